The van der Waals surface area contributed by atoms with Crippen molar-refractivity contribution in [3.05, 3.63) is 53.0 Å². The highest BCUT2D eigenvalue weighted by molar-refractivity contribution is 7.98. The van der Waals surface area contributed by atoms with Crippen LogP contribution in [0.3, 0.4) is 0 Å². The lowest BCUT2D eigenvalue weighted by atomic mass is 10.2. The number of hydrogen-bond donors (Lipinski definition) is 1. The largest absolute Gasteiger partial charge is 0.478 e. The van der Waals surface area contributed by atoms with Crippen LogP contribution in [0.4, 0.5) is 0 Å². The Morgan fingerprint density at radius 2 is 1.91 bits per heavy atom. The number of hydrogen-bond acceptors (Lipinski definition) is 4. The lowest BCUT2D eigenvalue weighted by Crippen LogP contribution is -2.25. The van der Waals surface area contributed by atoms with Crippen LogP contribution in [0, 0.1) is 6.92 Å². The normalized spacial score (nSPS) is 10.5. The van der Waals surface area contributed by atoms with Crippen molar-refractivity contribution in [2.24, 2.45) is 0 Å². The van der Waals surface area contributed by atoms with Crippen molar-refractivity contribution < 1.29 is 19.1 Å². The van der Waals surface area contributed by atoms with Crippen LogP contribution in [0.15, 0.2) is 39.6 Å². The molecular formula is C16H17NO4S. The van der Waals surface area contributed by atoms with Gasteiger partial charge in [0.2, 0.25) is 0 Å². The monoisotopic (exact) mass is 319 g/mol. The Hall–Kier alpha value is -2.21. The molecule has 0 saturated carbocycles. The zero-order valence-corrected chi connectivity index (χ0v) is 13.4. The van der Waals surface area contributed by atoms with Crippen LogP contribution in [-0.2, 0) is 6.54 Å². The van der Waals surface area contributed by atoms with Crippen molar-refractivity contribution in [1.82, 2.24) is 4.90 Å². The van der Waals surface area contributed by atoms with E-state index in [4.69, 9.17) is 9.52 Å². The molecule has 5 nitrogen and oxygen atoms in total. The summed E-state index contributed by atoms with van der Waals surface area (Å²) in [4.78, 5) is 25.9. The van der Waals surface area contributed by atoms with Crippen molar-refractivity contribution >= 4 is 23.6 Å². The van der Waals surface area contributed by atoms with Gasteiger partial charge in [0, 0.05) is 17.5 Å². The molecule has 1 N–H and O–H groups in total. The molecule has 2 aromatic rings. The van der Waals surface area contributed by atoms with E-state index in [9.17, 15) is 9.59 Å². The maximum Gasteiger partial charge on any atom is 0.339 e. The Labute approximate surface area is 132 Å². The van der Waals surface area contributed by atoms with Gasteiger partial charge in [-0.15, -0.1) is 11.8 Å². The Morgan fingerprint density at radius 3 is 2.41 bits per heavy atom. The second-order valence-electron chi connectivity index (χ2n) is 4.88. The summed E-state index contributed by atoms with van der Waals surface area (Å²) < 4.78 is 5.39. The van der Waals surface area contributed by atoms with Gasteiger partial charge in [0.25, 0.3) is 5.91 Å². The Morgan fingerprint density at radius 1 is 1.27 bits per heavy atom. The number of benzene rings is 1. The molecule has 2 rings (SSSR count). The lowest BCUT2D eigenvalue weighted by molar-refractivity contribution is 0.0694. The number of thioether (sulfide) groups is 1. The number of aryl methyl sites for hydroxylation is 1. The maximum absolute atomic E-state index is 12.3. The average Bonchev–Trinajstić information content (AvgIpc) is 2.87. The zero-order valence-electron chi connectivity index (χ0n) is 12.6. The van der Waals surface area contributed by atoms with Crippen LogP contribution in [0.2, 0.25) is 0 Å². The molecule has 0 saturated heterocycles. The number of nitrogens with zero attached hydrogens (tertiary/aromatic N) is 1. The molecule has 0 aliphatic heterocycles. The quantitative estimate of drug-likeness (QED) is 0.856. The molecule has 1 amide bonds. The number of amides is 1. The number of rotatable bonds is 5. The molecule has 0 bridgehead atoms. The fourth-order valence-corrected chi connectivity index (χ4v) is 2.50. The van der Waals surface area contributed by atoms with Crippen molar-refractivity contribution in [2.75, 3.05) is 13.3 Å². The van der Waals surface area contributed by atoms with E-state index in [1.165, 1.54) is 11.0 Å². The van der Waals surface area contributed by atoms with E-state index < -0.39 is 5.97 Å². The van der Waals surface area contributed by atoms with Crippen LogP contribution >= 0.6 is 11.8 Å². The van der Waals surface area contributed by atoms with Gasteiger partial charge in [-0.3, -0.25) is 4.79 Å². The fraction of sp³-hybridized carbons (Fsp3) is 0.250. The van der Waals surface area contributed by atoms with Gasteiger partial charge >= 0.3 is 5.97 Å². The molecule has 0 fully saturated rings. The van der Waals surface area contributed by atoms with Crippen LogP contribution in [0.25, 0.3) is 0 Å². The first-order valence-electron chi connectivity index (χ1n) is 6.64. The zero-order chi connectivity index (χ0) is 16.3. The van der Waals surface area contributed by atoms with Gasteiger partial charge in [-0.2, -0.15) is 0 Å². The third kappa shape index (κ3) is 3.51. The van der Waals surface area contributed by atoms with E-state index in [1.807, 2.05) is 18.4 Å². The predicted molar refractivity (Wildman–Crippen MR) is 84.4 cm³/mol. The molecule has 1 aromatic carbocycles. The van der Waals surface area contributed by atoms with Crippen LogP contribution in [0.5, 0.6) is 0 Å². The van der Waals surface area contributed by atoms with Crippen LogP contribution < -0.4 is 0 Å². The molecule has 0 spiro atoms. The second-order valence-corrected chi connectivity index (χ2v) is 5.76. The third-order valence-electron chi connectivity index (χ3n) is 3.28. The van der Waals surface area contributed by atoms with E-state index in [2.05, 4.69) is 0 Å². The summed E-state index contributed by atoms with van der Waals surface area (Å²) in [7, 11) is 1.66. The average molecular weight is 319 g/mol. The molecule has 0 unspecified atom stereocenters. The van der Waals surface area contributed by atoms with E-state index in [-0.39, 0.29) is 18.0 Å². The van der Waals surface area contributed by atoms with Gasteiger partial charge in [0.1, 0.15) is 17.1 Å². The van der Waals surface area contributed by atoms with Crippen molar-refractivity contribution in [3.8, 4) is 0 Å². The summed E-state index contributed by atoms with van der Waals surface area (Å²) in [6, 6.07) is 8.80. The van der Waals surface area contributed by atoms with Gasteiger partial charge in [0.15, 0.2) is 0 Å². The Bertz CT molecular complexity index is 691. The first-order valence-corrected chi connectivity index (χ1v) is 7.87. The molecule has 116 valence electrons. The second kappa shape index (κ2) is 6.70. The summed E-state index contributed by atoms with van der Waals surface area (Å²) in [6.45, 7) is 1.81. The number of carbonyl (C=O) groups is 2. The van der Waals surface area contributed by atoms with Gasteiger partial charge in [-0.1, -0.05) is 0 Å². The predicted octanol–water partition coefficient (Wildman–Crippen LogP) is 3.28. The minimum absolute atomic E-state index is 0.125. The molecule has 1 aromatic heterocycles. The summed E-state index contributed by atoms with van der Waals surface area (Å²) in [5.41, 5.74) is 0.710. The Kier molecular flexibility index (Phi) is 4.92. The fourth-order valence-electron chi connectivity index (χ4n) is 2.09. The minimum atomic E-state index is -1.03. The van der Waals surface area contributed by atoms with Gasteiger partial charge in [-0.25, -0.2) is 4.79 Å². The van der Waals surface area contributed by atoms with E-state index in [1.54, 1.807) is 37.9 Å². The van der Waals surface area contributed by atoms with Crippen LogP contribution in [-0.4, -0.2) is 35.2 Å². The molecule has 0 radical (unpaired) electrons. The number of carbonyl (C=O) groups excluding carboxylic acids is 1. The van der Waals surface area contributed by atoms with E-state index in [0.717, 1.165) is 4.90 Å². The van der Waals surface area contributed by atoms with Gasteiger partial charge in [-0.05, 0) is 43.5 Å². The summed E-state index contributed by atoms with van der Waals surface area (Å²) in [5, 5.41) is 9.01. The first kappa shape index (κ1) is 16.2. The number of aromatic carboxylic acids is 1. The van der Waals surface area contributed by atoms with Gasteiger partial charge in [0.05, 0.1) is 6.54 Å². The molecule has 0 aliphatic rings. The molecule has 1 heterocycles. The number of furan rings is 1. The highest BCUT2D eigenvalue weighted by Gasteiger charge is 2.17. The van der Waals surface area contributed by atoms with Crippen molar-refractivity contribution in [3.63, 3.8) is 0 Å². The number of carboxylic acid groups (broad SMARTS) is 1. The summed E-state index contributed by atoms with van der Waals surface area (Å²) in [6.07, 6.45) is 1.97. The van der Waals surface area contributed by atoms with Gasteiger partial charge < -0.3 is 14.4 Å². The summed E-state index contributed by atoms with van der Waals surface area (Å²) >= 11 is 1.61. The highest BCUT2D eigenvalue weighted by atomic mass is 32.2. The SMILES string of the molecule is CSc1ccc(C(=O)N(C)Cc2cc(C(=O)O)c(C)o2)cc1. The highest BCUT2D eigenvalue weighted by Crippen LogP contribution is 2.18. The Balaban J connectivity index is 2.10. The van der Waals surface area contributed by atoms with E-state index >= 15 is 0 Å². The summed E-state index contributed by atoms with van der Waals surface area (Å²) in [5.74, 6) is -0.383. The molecule has 0 aliphatic carbocycles. The molecular weight excluding hydrogens is 302 g/mol. The topological polar surface area (TPSA) is 70.8 Å². The van der Waals surface area contributed by atoms with Crippen molar-refractivity contribution in [1.29, 1.82) is 0 Å². The molecule has 6 heteroatoms. The third-order valence-corrected chi connectivity index (χ3v) is 4.02. The molecule has 22 heavy (non-hydrogen) atoms. The first-order chi connectivity index (χ1) is 10.4. The van der Waals surface area contributed by atoms with Crippen LogP contribution in [0.1, 0.15) is 32.2 Å². The maximum atomic E-state index is 12.3. The number of carboxylic acids is 1. The standard InChI is InChI=1S/C16H17NO4S/c1-10-14(16(19)20)8-12(21-10)9-17(2)15(18)11-4-6-13(22-3)7-5-11/h4-8H,9H2,1-3H3,(H,19,20). The minimum Gasteiger partial charge on any atom is -0.478 e. The van der Waals surface area contributed by atoms with E-state index in [0.29, 0.717) is 17.1 Å². The lowest BCUT2D eigenvalue weighted by Gasteiger charge is -2.15. The van der Waals surface area contributed by atoms with Crippen molar-refractivity contribution in [2.45, 2.75) is 18.4 Å². The molecule has 0 atom stereocenters. The smallest absolute Gasteiger partial charge is 0.339 e.